The van der Waals surface area contributed by atoms with Crippen LogP contribution in [0.1, 0.15) is 0 Å². The van der Waals surface area contributed by atoms with E-state index in [1.54, 1.807) is 12.1 Å². The zero-order chi connectivity index (χ0) is 16.0. The summed E-state index contributed by atoms with van der Waals surface area (Å²) in [7, 11) is 0. The largest absolute Gasteiger partial charge is 0.456 e. The van der Waals surface area contributed by atoms with Gasteiger partial charge in [0.2, 0.25) is 0 Å². The minimum Gasteiger partial charge on any atom is -0.456 e. The van der Waals surface area contributed by atoms with E-state index in [4.69, 9.17) is 16.0 Å². The van der Waals surface area contributed by atoms with Crippen molar-refractivity contribution in [2.24, 2.45) is 0 Å². The molecule has 0 fully saturated rings. The minimum absolute atomic E-state index is 0.0924. The summed E-state index contributed by atoms with van der Waals surface area (Å²) in [5.41, 5.74) is 3.31. The van der Waals surface area contributed by atoms with Crippen LogP contribution < -0.4 is 0 Å². The average molecular weight is 324 g/mol. The van der Waals surface area contributed by atoms with Gasteiger partial charge in [0.05, 0.1) is 4.92 Å². The first-order valence-corrected chi connectivity index (χ1v) is 7.37. The maximum atomic E-state index is 10.9. The molecular formula is C18H10ClNO3. The molecular weight excluding hydrogens is 314 g/mol. The topological polar surface area (TPSA) is 56.3 Å². The second kappa shape index (κ2) is 5.11. The fraction of sp³-hybridized carbons (Fsp3) is 0. The van der Waals surface area contributed by atoms with Crippen LogP contribution in [0.25, 0.3) is 33.1 Å². The summed E-state index contributed by atoms with van der Waals surface area (Å²) in [6.07, 6.45) is 0. The Kier molecular flexibility index (Phi) is 3.06. The van der Waals surface area contributed by atoms with Gasteiger partial charge in [-0.1, -0.05) is 35.9 Å². The van der Waals surface area contributed by atoms with Crippen molar-refractivity contribution >= 4 is 39.2 Å². The minimum atomic E-state index is -0.487. The Labute approximate surface area is 136 Å². The fourth-order valence-corrected chi connectivity index (χ4v) is 2.99. The van der Waals surface area contributed by atoms with Gasteiger partial charge in [-0.25, -0.2) is 0 Å². The van der Waals surface area contributed by atoms with Crippen molar-refractivity contribution in [1.82, 2.24) is 0 Å². The van der Waals surface area contributed by atoms with Gasteiger partial charge < -0.3 is 4.42 Å². The first-order chi connectivity index (χ1) is 11.1. The Hall–Kier alpha value is -2.85. The SMILES string of the molecule is O=[N+]([O-])c1ccc(-c2ccc3oc4ccccc4c3c2)cc1Cl. The lowest BCUT2D eigenvalue weighted by molar-refractivity contribution is -0.384. The molecule has 0 spiro atoms. The highest BCUT2D eigenvalue weighted by atomic mass is 35.5. The molecule has 0 saturated carbocycles. The number of nitro benzene ring substituents is 1. The molecule has 0 bridgehead atoms. The van der Waals surface area contributed by atoms with E-state index >= 15 is 0 Å². The maximum Gasteiger partial charge on any atom is 0.287 e. The molecule has 1 heterocycles. The van der Waals surface area contributed by atoms with Crippen LogP contribution in [-0.2, 0) is 0 Å². The van der Waals surface area contributed by atoms with E-state index in [0.717, 1.165) is 33.1 Å². The Balaban J connectivity index is 1.90. The van der Waals surface area contributed by atoms with E-state index < -0.39 is 4.92 Å². The zero-order valence-corrected chi connectivity index (χ0v) is 12.6. The first kappa shape index (κ1) is 13.8. The van der Waals surface area contributed by atoms with Gasteiger partial charge in [0.25, 0.3) is 5.69 Å². The van der Waals surface area contributed by atoms with Crippen molar-refractivity contribution in [3.63, 3.8) is 0 Å². The molecule has 4 nitrogen and oxygen atoms in total. The molecule has 0 saturated heterocycles. The summed E-state index contributed by atoms with van der Waals surface area (Å²) in [4.78, 5) is 10.4. The molecule has 5 heteroatoms. The summed E-state index contributed by atoms with van der Waals surface area (Å²) in [6, 6.07) is 18.4. The molecule has 4 aromatic rings. The second-order valence-corrected chi connectivity index (χ2v) is 5.64. The van der Waals surface area contributed by atoms with Gasteiger partial charge in [-0.05, 0) is 41.5 Å². The van der Waals surface area contributed by atoms with Gasteiger partial charge in [-0.2, -0.15) is 0 Å². The van der Waals surface area contributed by atoms with E-state index in [9.17, 15) is 10.1 Å². The molecule has 0 aliphatic rings. The summed E-state index contributed by atoms with van der Waals surface area (Å²) in [6.45, 7) is 0. The number of benzene rings is 3. The van der Waals surface area contributed by atoms with Crippen molar-refractivity contribution in [3.05, 3.63) is 75.8 Å². The van der Waals surface area contributed by atoms with Crippen LogP contribution in [0.5, 0.6) is 0 Å². The fourth-order valence-electron chi connectivity index (χ4n) is 2.74. The van der Waals surface area contributed by atoms with Gasteiger partial charge in [0.15, 0.2) is 0 Å². The third-order valence-electron chi connectivity index (χ3n) is 3.85. The second-order valence-electron chi connectivity index (χ2n) is 5.23. The van der Waals surface area contributed by atoms with Crippen LogP contribution in [-0.4, -0.2) is 4.92 Å². The Bertz CT molecular complexity index is 1070. The quantitative estimate of drug-likeness (QED) is 0.345. The molecule has 4 rings (SSSR count). The number of hydrogen-bond donors (Lipinski definition) is 0. The highest BCUT2D eigenvalue weighted by Gasteiger charge is 2.14. The Morgan fingerprint density at radius 3 is 2.35 bits per heavy atom. The van der Waals surface area contributed by atoms with Crippen LogP contribution in [0.15, 0.2) is 65.1 Å². The van der Waals surface area contributed by atoms with E-state index in [2.05, 4.69) is 0 Å². The van der Waals surface area contributed by atoms with Crippen molar-refractivity contribution in [1.29, 1.82) is 0 Å². The molecule has 3 aromatic carbocycles. The number of fused-ring (bicyclic) bond motifs is 3. The molecule has 0 amide bonds. The predicted molar refractivity (Wildman–Crippen MR) is 90.8 cm³/mol. The summed E-state index contributed by atoms with van der Waals surface area (Å²) < 4.78 is 5.80. The lowest BCUT2D eigenvalue weighted by atomic mass is 10.0. The Morgan fingerprint density at radius 2 is 1.57 bits per heavy atom. The molecule has 23 heavy (non-hydrogen) atoms. The molecule has 0 N–H and O–H groups in total. The van der Waals surface area contributed by atoms with Crippen LogP contribution in [0, 0.1) is 10.1 Å². The molecule has 0 aliphatic heterocycles. The average Bonchev–Trinajstić information content (AvgIpc) is 2.92. The number of para-hydroxylation sites is 1. The van der Waals surface area contributed by atoms with E-state index in [-0.39, 0.29) is 10.7 Å². The third-order valence-corrected chi connectivity index (χ3v) is 4.16. The maximum absolute atomic E-state index is 10.9. The van der Waals surface area contributed by atoms with Gasteiger partial charge in [-0.3, -0.25) is 10.1 Å². The van der Waals surface area contributed by atoms with Crippen LogP contribution >= 0.6 is 11.6 Å². The summed E-state index contributed by atoms with van der Waals surface area (Å²) in [5.74, 6) is 0. The summed E-state index contributed by atoms with van der Waals surface area (Å²) in [5, 5.41) is 13.0. The number of nitro groups is 1. The number of halogens is 1. The summed E-state index contributed by atoms with van der Waals surface area (Å²) >= 11 is 6.01. The predicted octanol–water partition coefficient (Wildman–Crippen LogP) is 5.81. The molecule has 0 unspecified atom stereocenters. The van der Waals surface area contributed by atoms with E-state index in [1.807, 2.05) is 42.5 Å². The smallest absolute Gasteiger partial charge is 0.287 e. The van der Waals surface area contributed by atoms with Gasteiger partial charge in [0.1, 0.15) is 16.2 Å². The Morgan fingerprint density at radius 1 is 0.870 bits per heavy atom. The highest BCUT2D eigenvalue weighted by molar-refractivity contribution is 6.33. The van der Waals surface area contributed by atoms with Crippen molar-refractivity contribution in [3.8, 4) is 11.1 Å². The monoisotopic (exact) mass is 323 g/mol. The molecule has 1 aromatic heterocycles. The van der Waals surface area contributed by atoms with E-state index in [0.29, 0.717) is 0 Å². The van der Waals surface area contributed by atoms with Crippen LogP contribution in [0.4, 0.5) is 5.69 Å². The van der Waals surface area contributed by atoms with Gasteiger partial charge in [-0.15, -0.1) is 0 Å². The lowest BCUT2D eigenvalue weighted by Crippen LogP contribution is -1.89. The van der Waals surface area contributed by atoms with Crippen LogP contribution in [0.2, 0.25) is 5.02 Å². The van der Waals surface area contributed by atoms with Crippen molar-refractivity contribution < 1.29 is 9.34 Å². The van der Waals surface area contributed by atoms with Crippen LogP contribution in [0.3, 0.4) is 0 Å². The van der Waals surface area contributed by atoms with Gasteiger partial charge in [0, 0.05) is 16.8 Å². The number of rotatable bonds is 2. The van der Waals surface area contributed by atoms with Crippen molar-refractivity contribution in [2.75, 3.05) is 0 Å². The standard InChI is InChI=1S/C18H10ClNO3/c19-15-10-12(5-7-16(15)20(21)22)11-6-8-18-14(9-11)13-3-1-2-4-17(13)23-18/h1-10H. The lowest BCUT2D eigenvalue weighted by Gasteiger charge is -2.03. The number of nitrogens with zero attached hydrogens (tertiary/aromatic N) is 1. The third kappa shape index (κ3) is 2.24. The molecule has 0 atom stereocenters. The van der Waals surface area contributed by atoms with Crippen molar-refractivity contribution in [2.45, 2.75) is 0 Å². The number of furan rings is 1. The first-order valence-electron chi connectivity index (χ1n) is 6.99. The molecule has 0 radical (unpaired) electrons. The molecule has 0 aliphatic carbocycles. The molecule has 112 valence electrons. The normalized spacial score (nSPS) is 11.2. The number of hydrogen-bond acceptors (Lipinski definition) is 3. The zero-order valence-electron chi connectivity index (χ0n) is 11.8. The van der Waals surface area contributed by atoms with E-state index in [1.165, 1.54) is 6.07 Å². The highest BCUT2D eigenvalue weighted by Crippen LogP contribution is 2.34. The van der Waals surface area contributed by atoms with Gasteiger partial charge >= 0.3 is 0 Å².